The summed E-state index contributed by atoms with van der Waals surface area (Å²) >= 11 is 12.0. The van der Waals surface area contributed by atoms with Gasteiger partial charge in [0.05, 0.1) is 15.7 Å². The Labute approximate surface area is 151 Å². The fourth-order valence-corrected chi connectivity index (χ4v) is 2.78. The van der Waals surface area contributed by atoms with Gasteiger partial charge >= 0.3 is 0 Å². The molecular weight excluding hydrogens is 347 g/mol. The van der Waals surface area contributed by atoms with Crippen molar-refractivity contribution in [2.75, 3.05) is 10.6 Å². The van der Waals surface area contributed by atoms with Gasteiger partial charge in [0.25, 0.3) is 0 Å². The van der Waals surface area contributed by atoms with Crippen LogP contribution in [0.25, 0.3) is 0 Å². The van der Waals surface area contributed by atoms with Gasteiger partial charge in [-0.05, 0) is 45.7 Å². The Bertz CT molecular complexity index is 747. The van der Waals surface area contributed by atoms with Crippen molar-refractivity contribution in [3.05, 3.63) is 33.9 Å². The van der Waals surface area contributed by atoms with Crippen molar-refractivity contribution in [1.82, 2.24) is 9.97 Å². The Morgan fingerprint density at radius 1 is 1.08 bits per heavy atom. The number of aromatic nitrogens is 2. The first-order valence-corrected chi connectivity index (χ1v) is 8.59. The predicted molar refractivity (Wildman–Crippen MR) is 98.8 cm³/mol. The van der Waals surface area contributed by atoms with Crippen LogP contribution >= 0.6 is 23.2 Å². The van der Waals surface area contributed by atoms with Crippen LogP contribution in [-0.4, -0.2) is 20.6 Å². The van der Waals surface area contributed by atoms with Crippen molar-refractivity contribution in [2.24, 2.45) is 0 Å². The Hall–Kier alpha value is -1.72. The van der Waals surface area contributed by atoms with Crippen LogP contribution < -0.4 is 10.6 Å². The van der Waals surface area contributed by atoms with Crippen LogP contribution in [0.5, 0.6) is 5.75 Å². The number of benzene rings is 1. The van der Waals surface area contributed by atoms with Gasteiger partial charge in [0.1, 0.15) is 5.82 Å². The molecule has 0 atom stereocenters. The minimum atomic E-state index is -0.134. The maximum atomic E-state index is 9.67. The Balaban J connectivity index is 1.92. The van der Waals surface area contributed by atoms with Gasteiger partial charge in [0.15, 0.2) is 5.75 Å². The number of anilines is 3. The van der Waals surface area contributed by atoms with Crippen LogP contribution in [-0.2, 0) is 0 Å². The molecule has 0 bridgehead atoms. The Kier molecular flexibility index (Phi) is 4.49. The number of phenols is 1. The molecule has 1 aromatic carbocycles. The summed E-state index contributed by atoms with van der Waals surface area (Å²) in [6.45, 7) is 6.19. The van der Waals surface area contributed by atoms with E-state index in [9.17, 15) is 5.11 Å². The molecule has 1 fully saturated rings. The van der Waals surface area contributed by atoms with Gasteiger partial charge in [0.2, 0.25) is 5.95 Å². The van der Waals surface area contributed by atoms with Gasteiger partial charge in [-0.15, -0.1) is 0 Å². The normalized spacial score (nSPS) is 14.5. The SMILES string of the molecule is CC(C)(C)Nc1nc(Nc2cc(Cl)c(O)c(Cl)c2)cc(C2CC2)n1. The summed E-state index contributed by atoms with van der Waals surface area (Å²) < 4.78 is 0. The first-order chi connectivity index (χ1) is 11.2. The molecule has 1 saturated carbocycles. The fraction of sp³-hybridized carbons (Fsp3) is 0.412. The highest BCUT2D eigenvalue weighted by Gasteiger charge is 2.26. The largest absolute Gasteiger partial charge is 0.505 e. The molecule has 0 radical (unpaired) electrons. The lowest BCUT2D eigenvalue weighted by molar-refractivity contribution is 0.476. The van der Waals surface area contributed by atoms with Crippen LogP contribution in [0.4, 0.5) is 17.5 Å². The predicted octanol–water partition coefficient (Wildman–Crippen LogP) is 5.32. The Morgan fingerprint density at radius 3 is 2.25 bits per heavy atom. The molecule has 1 heterocycles. The smallest absolute Gasteiger partial charge is 0.225 e. The average Bonchev–Trinajstić information content (AvgIpc) is 3.27. The van der Waals surface area contributed by atoms with Crippen LogP contribution in [0.3, 0.4) is 0 Å². The number of phenolic OH excluding ortho intramolecular Hbond substituents is 1. The van der Waals surface area contributed by atoms with Gasteiger partial charge in [-0.2, -0.15) is 4.98 Å². The number of hydrogen-bond donors (Lipinski definition) is 3. The van der Waals surface area contributed by atoms with Crippen LogP contribution in [0.15, 0.2) is 18.2 Å². The third-order valence-corrected chi connectivity index (χ3v) is 4.09. The standard InChI is InChI=1S/C17H20Cl2N4O/c1-17(2,3)23-16-21-13(9-4-5-9)8-14(22-16)20-10-6-11(18)15(24)12(19)7-10/h6-9,24H,4-5H2,1-3H3,(H2,20,21,22,23). The second-order valence-electron chi connectivity index (χ2n) is 7.06. The van der Waals surface area contributed by atoms with E-state index in [-0.39, 0.29) is 21.3 Å². The van der Waals surface area contributed by atoms with E-state index in [0.717, 1.165) is 18.5 Å². The summed E-state index contributed by atoms with van der Waals surface area (Å²) in [6.07, 6.45) is 2.31. The molecule has 3 N–H and O–H groups in total. The third-order valence-electron chi connectivity index (χ3n) is 3.52. The maximum Gasteiger partial charge on any atom is 0.225 e. The van der Waals surface area contributed by atoms with Crippen molar-refractivity contribution in [2.45, 2.75) is 45.1 Å². The van der Waals surface area contributed by atoms with E-state index in [4.69, 9.17) is 23.2 Å². The van der Waals surface area contributed by atoms with Gasteiger partial charge in [-0.3, -0.25) is 0 Å². The molecule has 1 aromatic heterocycles. The van der Waals surface area contributed by atoms with E-state index in [0.29, 0.717) is 23.4 Å². The molecule has 0 spiro atoms. The van der Waals surface area contributed by atoms with Crippen molar-refractivity contribution >= 4 is 40.7 Å². The number of halogens is 2. The quantitative estimate of drug-likeness (QED) is 0.638. The van der Waals surface area contributed by atoms with E-state index < -0.39 is 0 Å². The number of rotatable bonds is 4. The second kappa shape index (κ2) is 6.30. The van der Waals surface area contributed by atoms with E-state index in [1.807, 2.05) is 6.07 Å². The zero-order valence-electron chi connectivity index (χ0n) is 13.8. The molecular formula is C17H20Cl2N4O. The molecule has 0 saturated heterocycles. The average molecular weight is 367 g/mol. The van der Waals surface area contributed by atoms with E-state index in [1.54, 1.807) is 12.1 Å². The second-order valence-corrected chi connectivity index (χ2v) is 7.88. The van der Waals surface area contributed by atoms with Crippen LogP contribution in [0.2, 0.25) is 10.0 Å². The number of nitrogens with one attached hydrogen (secondary N) is 2. The summed E-state index contributed by atoms with van der Waals surface area (Å²) in [5.74, 6) is 1.63. The maximum absolute atomic E-state index is 9.67. The first-order valence-electron chi connectivity index (χ1n) is 7.83. The molecule has 0 amide bonds. The van der Waals surface area contributed by atoms with E-state index in [2.05, 4.69) is 41.4 Å². The van der Waals surface area contributed by atoms with Crippen LogP contribution in [0.1, 0.15) is 45.2 Å². The number of aromatic hydroxyl groups is 1. The highest BCUT2D eigenvalue weighted by Crippen LogP contribution is 2.40. The highest BCUT2D eigenvalue weighted by molar-refractivity contribution is 6.37. The summed E-state index contributed by atoms with van der Waals surface area (Å²) in [4.78, 5) is 9.14. The van der Waals surface area contributed by atoms with Gasteiger partial charge in [-0.25, -0.2) is 4.98 Å². The monoisotopic (exact) mass is 366 g/mol. The summed E-state index contributed by atoms with van der Waals surface area (Å²) in [5, 5.41) is 16.5. The lowest BCUT2D eigenvalue weighted by Gasteiger charge is -2.21. The topological polar surface area (TPSA) is 70.1 Å². The van der Waals surface area contributed by atoms with Crippen molar-refractivity contribution < 1.29 is 5.11 Å². The fourth-order valence-electron chi connectivity index (χ4n) is 2.30. The molecule has 5 nitrogen and oxygen atoms in total. The molecule has 1 aliphatic carbocycles. The lowest BCUT2D eigenvalue weighted by Crippen LogP contribution is -2.27. The van der Waals surface area contributed by atoms with Gasteiger partial charge < -0.3 is 15.7 Å². The third kappa shape index (κ3) is 4.22. The minimum Gasteiger partial charge on any atom is -0.505 e. The zero-order valence-corrected chi connectivity index (χ0v) is 15.3. The van der Waals surface area contributed by atoms with Gasteiger partial charge in [0, 0.05) is 23.2 Å². The zero-order chi connectivity index (χ0) is 17.5. The van der Waals surface area contributed by atoms with Crippen LogP contribution in [0, 0.1) is 0 Å². The Morgan fingerprint density at radius 2 is 1.71 bits per heavy atom. The van der Waals surface area contributed by atoms with Gasteiger partial charge in [-0.1, -0.05) is 23.2 Å². The summed E-state index contributed by atoms with van der Waals surface area (Å²) in [5.41, 5.74) is 1.55. The van der Waals surface area contributed by atoms with E-state index >= 15 is 0 Å². The molecule has 24 heavy (non-hydrogen) atoms. The highest BCUT2D eigenvalue weighted by atomic mass is 35.5. The molecule has 3 rings (SSSR count). The van der Waals surface area contributed by atoms with Crippen molar-refractivity contribution in [3.63, 3.8) is 0 Å². The number of hydrogen-bond acceptors (Lipinski definition) is 5. The minimum absolute atomic E-state index is 0.125. The summed E-state index contributed by atoms with van der Waals surface area (Å²) in [7, 11) is 0. The van der Waals surface area contributed by atoms with Crippen molar-refractivity contribution in [3.8, 4) is 5.75 Å². The van der Waals surface area contributed by atoms with Crippen molar-refractivity contribution in [1.29, 1.82) is 0 Å². The lowest BCUT2D eigenvalue weighted by atomic mass is 10.1. The first kappa shape index (κ1) is 17.1. The molecule has 0 unspecified atom stereocenters. The molecule has 2 aromatic rings. The molecule has 7 heteroatoms. The summed E-state index contributed by atoms with van der Waals surface area (Å²) in [6, 6.07) is 5.16. The molecule has 128 valence electrons. The molecule has 1 aliphatic rings. The number of nitrogens with zero attached hydrogens (tertiary/aromatic N) is 2. The molecule has 0 aliphatic heterocycles. The van der Waals surface area contributed by atoms with E-state index in [1.165, 1.54) is 0 Å².